The summed E-state index contributed by atoms with van der Waals surface area (Å²) in [4.78, 5) is 0. The van der Waals surface area contributed by atoms with Gasteiger partial charge in [-0.15, -0.1) is 0 Å². The van der Waals surface area contributed by atoms with Crippen molar-refractivity contribution in [3.05, 3.63) is 29.8 Å². The van der Waals surface area contributed by atoms with Gasteiger partial charge in [0, 0.05) is 5.69 Å². The third kappa shape index (κ3) is 3.27. The molecule has 1 aromatic rings. The van der Waals surface area contributed by atoms with Crippen molar-refractivity contribution in [3.8, 4) is 6.07 Å². The topological polar surface area (TPSA) is 35.8 Å². The van der Waals surface area contributed by atoms with E-state index in [0.29, 0.717) is 5.92 Å². The van der Waals surface area contributed by atoms with Crippen LogP contribution in [0.25, 0.3) is 0 Å². The number of rotatable bonds is 4. The highest BCUT2D eigenvalue weighted by molar-refractivity contribution is 5.48. The van der Waals surface area contributed by atoms with Gasteiger partial charge >= 0.3 is 0 Å². The first-order valence-electron chi connectivity index (χ1n) is 5.78. The van der Waals surface area contributed by atoms with E-state index < -0.39 is 5.54 Å². The van der Waals surface area contributed by atoms with Crippen molar-refractivity contribution in [2.24, 2.45) is 0 Å². The van der Waals surface area contributed by atoms with E-state index in [9.17, 15) is 0 Å². The second-order valence-corrected chi connectivity index (χ2v) is 4.79. The van der Waals surface area contributed by atoms with Crippen LogP contribution in [0.15, 0.2) is 24.3 Å². The fraction of sp³-hybridized carbons (Fsp3) is 0.500. The SMILES string of the molecule is CCC(C)c1ccc(NC(C)(C)C#N)cc1. The second-order valence-electron chi connectivity index (χ2n) is 4.79. The molecule has 0 aliphatic rings. The molecule has 0 aliphatic heterocycles. The zero-order valence-corrected chi connectivity index (χ0v) is 10.5. The molecule has 0 saturated heterocycles. The molecule has 0 saturated carbocycles. The maximum Gasteiger partial charge on any atom is 0.119 e. The first-order chi connectivity index (χ1) is 7.48. The van der Waals surface area contributed by atoms with E-state index in [1.165, 1.54) is 5.56 Å². The van der Waals surface area contributed by atoms with Crippen LogP contribution >= 0.6 is 0 Å². The van der Waals surface area contributed by atoms with Crippen LogP contribution in [0.4, 0.5) is 5.69 Å². The molecule has 0 bridgehead atoms. The van der Waals surface area contributed by atoms with E-state index in [2.05, 4.69) is 37.4 Å². The summed E-state index contributed by atoms with van der Waals surface area (Å²) in [5.41, 5.74) is 1.83. The van der Waals surface area contributed by atoms with Crippen LogP contribution in [-0.4, -0.2) is 5.54 Å². The number of hydrogen-bond donors (Lipinski definition) is 1. The van der Waals surface area contributed by atoms with Crippen molar-refractivity contribution in [2.45, 2.75) is 45.6 Å². The molecule has 0 fully saturated rings. The predicted octanol–water partition coefficient (Wildman–Crippen LogP) is 3.91. The number of benzene rings is 1. The van der Waals surface area contributed by atoms with Crippen LogP contribution in [0.2, 0.25) is 0 Å². The number of anilines is 1. The summed E-state index contributed by atoms with van der Waals surface area (Å²) in [6.07, 6.45) is 1.15. The summed E-state index contributed by atoms with van der Waals surface area (Å²) in [5.74, 6) is 0.595. The average Bonchev–Trinajstić information content (AvgIpc) is 2.28. The fourth-order valence-corrected chi connectivity index (χ4v) is 1.52. The Balaban J connectivity index is 2.77. The molecule has 0 heterocycles. The zero-order valence-electron chi connectivity index (χ0n) is 10.5. The quantitative estimate of drug-likeness (QED) is 0.828. The van der Waals surface area contributed by atoms with E-state index in [1.54, 1.807) is 0 Å². The van der Waals surface area contributed by atoms with Crippen molar-refractivity contribution in [1.29, 1.82) is 5.26 Å². The molecule has 0 radical (unpaired) electrons. The zero-order chi connectivity index (χ0) is 12.2. The minimum atomic E-state index is -0.516. The molecule has 86 valence electrons. The van der Waals surface area contributed by atoms with Crippen LogP contribution in [0.1, 0.15) is 45.6 Å². The first kappa shape index (κ1) is 12.6. The molecule has 0 spiro atoms. The standard InChI is InChI=1S/C14H20N2/c1-5-11(2)12-6-8-13(9-7-12)16-14(3,4)10-15/h6-9,11,16H,5H2,1-4H3. The van der Waals surface area contributed by atoms with E-state index in [1.807, 2.05) is 26.0 Å². The Kier molecular flexibility index (Phi) is 3.95. The Hall–Kier alpha value is -1.49. The highest BCUT2D eigenvalue weighted by Crippen LogP contribution is 2.21. The molecule has 0 amide bonds. The molecule has 1 rings (SSSR count). The lowest BCUT2D eigenvalue weighted by molar-refractivity contribution is 0.724. The lowest BCUT2D eigenvalue weighted by Crippen LogP contribution is -2.28. The normalized spacial score (nSPS) is 12.9. The number of hydrogen-bond acceptors (Lipinski definition) is 2. The molecule has 0 aromatic heterocycles. The van der Waals surface area contributed by atoms with Crippen molar-refractivity contribution < 1.29 is 0 Å². The number of nitrogens with zero attached hydrogens (tertiary/aromatic N) is 1. The smallest absolute Gasteiger partial charge is 0.119 e. The maximum atomic E-state index is 8.92. The van der Waals surface area contributed by atoms with Gasteiger partial charge < -0.3 is 5.32 Å². The molecule has 1 N–H and O–H groups in total. The van der Waals surface area contributed by atoms with E-state index in [0.717, 1.165) is 12.1 Å². The lowest BCUT2D eigenvalue weighted by Gasteiger charge is -2.19. The van der Waals surface area contributed by atoms with Crippen molar-refractivity contribution in [2.75, 3.05) is 5.32 Å². The van der Waals surface area contributed by atoms with Crippen LogP contribution in [0.5, 0.6) is 0 Å². The van der Waals surface area contributed by atoms with Gasteiger partial charge in [0.25, 0.3) is 0 Å². The molecule has 2 heteroatoms. The largest absolute Gasteiger partial charge is 0.368 e. The summed E-state index contributed by atoms with van der Waals surface area (Å²) in [6.45, 7) is 8.16. The van der Waals surface area contributed by atoms with Crippen molar-refractivity contribution >= 4 is 5.69 Å². The minimum Gasteiger partial charge on any atom is -0.368 e. The Labute approximate surface area is 98.3 Å². The van der Waals surface area contributed by atoms with Gasteiger partial charge in [-0.3, -0.25) is 0 Å². The summed E-state index contributed by atoms with van der Waals surface area (Å²) in [7, 11) is 0. The fourth-order valence-electron chi connectivity index (χ4n) is 1.52. The van der Waals surface area contributed by atoms with Crippen LogP contribution in [0, 0.1) is 11.3 Å². The van der Waals surface area contributed by atoms with E-state index >= 15 is 0 Å². The Morgan fingerprint density at radius 3 is 2.31 bits per heavy atom. The van der Waals surface area contributed by atoms with Crippen molar-refractivity contribution in [1.82, 2.24) is 0 Å². The highest BCUT2D eigenvalue weighted by Gasteiger charge is 2.15. The van der Waals surface area contributed by atoms with Gasteiger partial charge in [-0.05, 0) is 43.9 Å². The van der Waals surface area contributed by atoms with Crippen LogP contribution in [-0.2, 0) is 0 Å². The summed E-state index contributed by atoms with van der Waals surface area (Å²) in [5, 5.41) is 12.1. The summed E-state index contributed by atoms with van der Waals surface area (Å²) in [6, 6.07) is 10.6. The van der Waals surface area contributed by atoms with Gasteiger partial charge in [0.15, 0.2) is 0 Å². The maximum absolute atomic E-state index is 8.92. The molecule has 2 nitrogen and oxygen atoms in total. The molecule has 1 aromatic carbocycles. The summed E-state index contributed by atoms with van der Waals surface area (Å²) >= 11 is 0. The van der Waals surface area contributed by atoms with Crippen LogP contribution < -0.4 is 5.32 Å². The monoisotopic (exact) mass is 216 g/mol. The molecular weight excluding hydrogens is 196 g/mol. The molecule has 1 unspecified atom stereocenters. The van der Waals surface area contributed by atoms with Gasteiger partial charge in [-0.1, -0.05) is 26.0 Å². The third-order valence-electron chi connectivity index (χ3n) is 2.83. The van der Waals surface area contributed by atoms with Crippen LogP contribution in [0.3, 0.4) is 0 Å². The van der Waals surface area contributed by atoms with Gasteiger partial charge in [0.1, 0.15) is 5.54 Å². The Bertz CT molecular complexity index is 371. The third-order valence-corrected chi connectivity index (χ3v) is 2.83. The Morgan fingerprint density at radius 2 is 1.88 bits per heavy atom. The summed E-state index contributed by atoms with van der Waals surface area (Å²) < 4.78 is 0. The molecule has 0 aliphatic carbocycles. The molecular formula is C14H20N2. The van der Waals surface area contributed by atoms with E-state index in [-0.39, 0.29) is 0 Å². The highest BCUT2D eigenvalue weighted by atomic mass is 15.0. The number of nitriles is 1. The Morgan fingerprint density at radius 1 is 1.31 bits per heavy atom. The lowest BCUT2D eigenvalue weighted by atomic mass is 9.98. The number of nitrogens with one attached hydrogen (secondary N) is 1. The van der Waals surface area contributed by atoms with Gasteiger partial charge in [-0.2, -0.15) is 5.26 Å². The van der Waals surface area contributed by atoms with Crippen molar-refractivity contribution in [3.63, 3.8) is 0 Å². The molecule has 1 atom stereocenters. The predicted molar refractivity (Wildman–Crippen MR) is 68.5 cm³/mol. The second kappa shape index (κ2) is 5.03. The first-order valence-corrected chi connectivity index (χ1v) is 5.78. The van der Waals surface area contributed by atoms with Gasteiger partial charge in [0.2, 0.25) is 0 Å². The van der Waals surface area contributed by atoms with E-state index in [4.69, 9.17) is 5.26 Å². The van der Waals surface area contributed by atoms with Gasteiger partial charge in [-0.25, -0.2) is 0 Å². The minimum absolute atomic E-state index is 0.516. The molecule has 16 heavy (non-hydrogen) atoms. The average molecular weight is 216 g/mol. The van der Waals surface area contributed by atoms with Gasteiger partial charge in [0.05, 0.1) is 6.07 Å².